The number of likely N-dealkylation sites (tertiary alicyclic amines) is 1. The van der Waals surface area contributed by atoms with E-state index < -0.39 is 11.4 Å². The maximum absolute atomic E-state index is 15.6. The Labute approximate surface area is 247 Å². The van der Waals surface area contributed by atoms with Crippen molar-refractivity contribution in [2.24, 2.45) is 5.41 Å². The van der Waals surface area contributed by atoms with Gasteiger partial charge in [-0.05, 0) is 67.7 Å². The SMILES string of the molecule is CC(C)(C)CN1CCC2(CC1)CN(c1ccccc1NC(=O)Nc1nc3ccc(Cl)nc3s1)c1c(O)ccc(F)c12. The number of para-hydroxylation sites is 2. The molecule has 1 spiro atoms. The van der Waals surface area contributed by atoms with Gasteiger partial charge in [0.25, 0.3) is 0 Å². The summed E-state index contributed by atoms with van der Waals surface area (Å²) in [6.45, 7) is 9.86. The molecule has 0 saturated carbocycles. The predicted molar refractivity (Wildman–Crippen MR) is 163 cm³/mol. The number of hydrogen-bond donors (Lipinski definition) is 3. The van der Waals surface area contributed by atoms with Gasteiger partial charge in [-0.15, -0.1) is 0 Å². The first-order valence-corrected chi connectivity index (χ1v) is 14.8. The summed E-state index contributed by atoms with van der Waals surface area (Å²) in [7, 11) is 0. The van der Waals surface area contributed by atoms with Crippen LogP contribution in [0, 0.1) is 11.2 Å². The van der Waals surface area contributed by atoms with Crippen molar-refractivity contribution < 1.29 is 14.3 Å². The molecule has 0 radical (unpaired) electrons. The van der Waals surface area contributed by atoms with Crippen LogP contribution >= 0.6 is 22.9 Å². The number of amides is 2. The van der Waals surface area contributed by atoms with Gasteiger partial charge in [-0.25, -0.2) is 19.2 Å². The van der Waals surface area contributed by atoms with Gasteiger partial charge in [0.1, 0.15) is 27.1 Å². The molecule has 2 aliphatic heterocycles. The number of piperidine rings is 1. The highest BCUT2D eigenvalue weighted by atomic mass is 35.5. The average Bonchev–Trinajstić information content (AvgIpc) is 3.46. The number of aromatic nitrogens is 2. The molecular weight excluding hydrogens is 563 g/mol. The second-order valence-corrected chi connectivity index (χ2v) is 13.4. The predicted octanol–water partition coefficient (Wildman–Crippen LogP) is 7.36. The van der Waals surface area contributed by atoms with E-state index in [9.17, 15) is 9.90 Å². The fourth-order valence-corrected chi connectivity index (χ4v) is 7.16. The molecule has 6 rings (SSSR count). The Kier molecular flexibility index (Phi) is 7.04. The Bertz CT molecular complexity index is 1630. The smallest absolute Gasteiger partial charge is 0.325 e. The molecule has 4 aromatic rings. The number of nitrogens with zero attached hydrogens (tertiary/aromatic N) is 4. The molecule has 3 N–H and O–H groups in total. The second-order valence-electron chi connectivity index (χ2n) is 12.1. The Morgan fingerprint density at radius 1 is 1.10 bits per heavy atom. The number of phenolic OH excluding ortho intramolecular Hbond substituents is 1. The summed E-state index contributed by atoms with van der Waals surface area (Å²) in [6.07, 6.45) is 1.55. The molecule has 2 aromatic heterocycles. The first-order valence-electron chi connectivity index (χ1n) is 13.6. The third-order valence-electron chi connectivity index (χ3n) is 7.76. The van der Waals surface area contributed by atoms with Crippen molar-refractivity contribution in [3.63, 3.8) is 0 Å². The fraction of sp³-hybridized carbons (Fsp3) is 0.367. The van der Waals surface area contributed by atoms with E-state index in [0.717, 1.165) is 32.5 Å². The van der Waals surface area contributed by atoms with E-state index in [1.54, 1.807) is 18.2 Å². The molecule has 11 heteroatoms. The number of fused-ring (bicyclic) bond motifs is 3. The molecule has 2 amide bonds. The minimum atomic E-state index is -0.476. The zero-order valence-corrected chi connectivity index (χ0v) is 24.7. The highest BCUT2D eigenvalue weighted by molar-refractivity contribution is 7.22. The molecule has 1 saturated heterocycles. The van der Waals surface area contributed by atoms with Crippen LogP contribution in [0.25, 0.3) is 10.3 Å². The molecule has 1 fully saturated rings. The number of pyridine rings is 1. The molecule has 0 aliphatic carbocycles. The van der Waals surface area contributed by atoms with Crippen molar-refractivity contribution in [1.29, 1.82) is 0 Å². The number of urea groups is 1. The van der Waals surface area contributed by atoms with Gasteiger partial charge in [-0.3, -0.25) is 5.32 Å². The van der Waals surface area contributed by atoms with E-state index >= 15 is 4.39 Å². The van der Waals surface area contributed by atoms with Crippen molar-refractivity contribution >= 4 is 61.5 Å². The summed E-state index contributed by atoms with van der Waals surface area (Å²) in [4.78, 5) is 26.7. The number of hydrogen-bond acceptors (Lipinski definition) is 7. The van der Waals surface area contributed by atoms with Crippen LogP contribution < -0.4 is 15.5 Å². The number of halogens is 2. The van der Waals surface area contributed by atoms with Gasteiger partial charge in [0.05, 0.1) is 17.1 Å². The maximum Gasteiger partial charge on any atom is 0.325 e. The standard InChI is InChI=1S/C30H32ClFN6O2S/c1-29(2,3)16-37-14-12-30(13-15-37)17-38(25-22(39)10-8-18(32)24(25)30)21-7-5-4-6-19(21)33-27(40)36-28-34-20-9-11-23(31)35-26(20)41-28/h4-11,39H,12-17H2,1-3H3,(H2,33,34,36,40). The highest BCUT2D eigenvalue weighted by Crippen LogP contribution is 2.55. The molecule has 0 atom stereocenters. The topological polar surface area (TPSA) is 93.6 Å². The van der Waals surface area contributed by atoms with E-state index in [4.69, 9.17) is 11.6 Å². The molecule has 4 heterocycles. The summed E-state index contributed by atoms with van der Waals surface area (Å²) in [6, 6.07) is 13.1. The van der Waals surface area contributed by atoms with E-state index in [0.29, 0.717) is 49.8 Å². The number of phenols is 1. The molecule has 214 valence electrons. The van der Waals surface area contributed by atoms with Crippen LogP contribution in [0.15, 0.2) is 48.5 Å². The molecule has 0 unspecified atom stereocenters. The number of nitrogens with one attached hydrogen (secondary N) is 2. The van der Waals surface area contributed by atoms with E-state index in [-0.39, 0.29) is 17.0 Å². The van der Waals surface area contributed by atoms with Crippen LogP contribution in [0.3, 0.4) is 0 Å². The van der Waals surface area contributed by atoms with Gasteiger partial charge < -0.3 is 20.2 Å². The highest BCUT2D eigenvalue weighted by Gasteiger charge is 2.48. The lowest BCUT2D eigenvalue weighted by Crippen LogP contribution is -2.47. The van der Waals surface area contributed by atoms with Crippen LogP contribution in [-0.4, -0.2) is 52.2 Å². The number of benzene rings is 2. The van der Waals surface area contributed by atoms with Crippen molar-refractivity contribution in [2.75, 3.05) is 41.7 Å². The van der Waals surface area contributed by atoms with Crippen LogP contribution in [0.5, 0.6) is 5.75 Å². The van der Waals surface area contributed by atoms with Crippen molar-refractivity contribution in [1.82, 2.24) is 14.9 Å². The van der Waals surface area contributed by atoms with Crippen molar-refractivity contribution in [3.05, 3.63) is 65.1 Å². The molecular formula is C30H32ClFN6O2S. The van der Waals surface area contributed by atoms with Crippen LogP contribution in [0.2, 0.25) is 5.15 Å². The van der Waals surface area contributed by atoms with Gasteiger partial charge >= 0.3 is 6.03 Å². The Hall–Kier alpha value is -3.47. The van der Waals surface area contributed by atoms with Gasteiger partial charge in [-0.1, -0.05) is 55.8 Å². The first kappa shape index (κ1) is 27.7. The Morgan fingerprint density at radius 2 is 1.85 bits per heavy atom. The zero-order valence-electron chi connectivity index (χ0n) is 23.2. The van der Waals surface area contributed by atoms with Crippen LogP contribution in [0.1, 0.15) is 39.2 Å². The quantitative estimate of drug-likeness (QED) is 0.214. The number of thiazole rings is 1. The summed E-state index contributed by atoms with van der Waals surface area (Å²) in [5.41, 5.74) is 2.61. The van der Waals surface area contributed by atoms with E-state index in [1.807, 2.05) is 23.1 Å². The Balaban J connectivity index is 1.28. The summed E-state index contributed by atoms with van der Waals surface area (Å²) < 4.78 is 15.6. The van der Waals surface area contributed by atoms with Gasteiger partial charge in [0.2, 0.25) is 0 Å². The fourth-order valence-electron chi connectivity index (χ4n) is 6.13. The Morgan fingerprint density at radius 3 is 2.61 bits per heavy atom. The third kappa shape index (κ3) is 5.43. The number of carbonyl (C=O) groups excluding carboxylic acids is 1. The average molecular weight is 595 g/mol. The number of rotatable bonds is 4. The molecule has 2 aromatic carbocycles. The zero-order chi connectivity index (χ0) is 28.9. The van der Waals surface area contributed by atoms with E-state index in [2.05, 4.69) is 46.3 Å². The largest absolute Gasteiger partial charge is 0.506 e. The first-order chi connectivity index (χ1) is 19.5. The second kappa shape index (κ2) is 10.4. The lowest BCUT2D eigenvalue weighted by atomic mass is 9.73. The monoisotopic (exact) mass is 594 g/mol. The normalized spacial score (nSPS) is 16.8. The van der Waals surface area contributed by atoms with Gasteiger partial charge in [0.15, 0.2) is 5.13 Å². The van der Waals surface area contributed by atoms with Crippen LogP contribution in [-0.2, 0) is 5.41 Å². The van der Waals surface area contributed by atoms with Crippen molar-refractivity contribution in [2.45, 2.75) is 39.0 Å². The summed E-state index contributed by atoms with van der Waals surface area (Å²) in [5.74, 6) is -0.285. The number of aromatic hydroxyl groups is 1. The molecule has 0 bridgehead atoms. The van der Waals surface area contributed by atoms with Gasteiger partial charge in [0, 0.05) is 24.1 Å². The minimum absolute atomic E-state index is 0.0234. The number of anilines is 4. The summed E-state index contributed by atoms with van der Waals surface area (Å²) >= 11 is 7.21. The third-order valence-corrected chi connectivity index (χ3v) is 8.85. The minimum Gasteiger partial charge on any atom is -0.506 e. The van der Waals surface area contributed by atoms with Crippen molar-refractivity contribution in [3.8, 4) is 5.75 Å². The molecule has 2 aliphatic rings. The summed E-state index contributed by atoms with van der Waals surface area (Å²) in [5, 5.41) is 17.5. The lowest BCUT2D eigenvalue weighted by Gasteiger charge is -2.42. The van der Waals surface area contributed by atoms with Crippen LogP contribution in [0.4, 0.5) is 31.4 Å². The maximum atomic E-state index is 15.6. The van der Waals surface area contributed by atoms with Gasteiger partial charge in [-0.2, -0.15) is 0 Å². The molecule has 41 heavy (non-hydrogen) atoms. The molecule has 8 nitrogen and oxygen atoms in total. The lowest BCUT2D eigenvalue weighted by molar-refractivity contribution is 0.124. The number of carbonyl (C=O) groups is 1. The van der Waals surface area contributed by atoms with E-state index in [1.165, 1.54) is 23.5 Å².